The Bertz CT molecular complexity index is 1160. The van der Waals surface area contributed by atoms with E-state index in [1.54, 1.807) is 6.20 Å². The normalized spacial score (nSPS) is 10.9. The fraction of sp³-hybridized carbons (Fsp3) is 0.143. The average molecular weight is 392 g/mol. The third-order valence-electron chi connectivity index (χ3n) is 4.27. The summed E-state index contributed by atoms with van der Waals surface area (Å²) in [5.74, 6) is -0.548. The summed E-state index contributed by atoms with van der Waals surface area (Å²) in [6.45, 7) is 3.77. The number of nitrogens with one attached hydrogen (secondary N) is 1. The molecule has 0 fully saturated rings. The number of hydrogen-bond acceptors (Lipinski definition) is 6. The van der Waals surface area contributed by atoms with Crippen molar-refractivity contribution in [3.63, 3.8) is 0 Å². The lowest BCUT2D eigenvalue weighted by molar-refractivity contribution is 0.0993. The van der Waals surface area contributed by atoms with Crippen molar-refractivity contribution in [2.24, 2.45) is 0 Å². The molecule has 0 unspecified atom stereocenters. The molecule has 0 aliphatic heterocycles. The Balaban J connectivity index is 1.62. The molecular weight excluding hydrogens is 375 g/mol. The van der Waals surface area contributed by atoms with Gasteiger partial charge in [-0.3, -0.25) is 15.1 Å². The van der Waals surface area contributed by atoms with E-state index in [0.29, 0.717) is 35.0 Å². The number of aromatic nitrogens is 3. The van der Waals surface area contributed by atoms with E-state index in [1.165, 1.54) is 30.5 Å². The molecule has 3 aromatic heterocycles. The smallest absolute Gasteiger partial charge is 0.302 e. The quantitative estimate of drug-likeness (QED) is 0.531. The Morgan fingerprint density at radius 3 is 2.66 bits per heavy atom. The molecular formula is C21H17FN4O3. The zero-order valence-corrected chi connectivity index (χ0v) is 15.8. The number of rotatable bonds is 5. The van der Waals surface area contributed by atoms with E-state index in [-0.39, 0.29) is 17.6 Å². The van der Waals surface area contributed by atoms with E-state index in [0.717, 1.165) is 5.56 Å². The predicted molar refractivity (Wildman–Crippen MR) is 104 cm³/mol. The number of oxazole rings is 2. The van der Waals surface area contributed by atoms with E-state index in [1.807, 2.05) is 26.0 Å². The van der Waals surface area contributed by atoms with Gasteiger partial charge in [0.25, 0.3) is 5.91 Å². The van der Waals surface area contributed by atoms with Crippen molar-refractivity contribution in [3.8, 4) is 22.6 Å². The Labute approximate surface area is 165 Å². The number of pyridine rings is 1. The Hall–Kier alpha value is -3.81. The van der Waals surface area contributed by atoms with Crippen molar-refractivity contribution in [1.82, 2.24) is 15.0 Å². The van der Waals surface area contributed by atoms with Crippen LogP contribution < -0.4 is 5.32 Å². The van der Waals surface area contributed by atoms with Crippen LogP contribution in [0.25, 0.3) is 22.6 Å². The van der Waals surface area contributed by atoms with Crippen molar-refractivity contribution in [1.29, 1.82) is 0 Å². The molecule has 1 N–H and O–H groups in total. The first kappa shape index (κ1) is 18.5. The van der Waals surface area contributed by atoms with E-state index < -0.39 is 5.91 Å². The molecule has 0 aliphatic carbocycles. The molecule has 0 aliphatic rings. The Kier molecular flexibility index (Phi) is 4.90. The fourth-order valence-corrected chi connectivity index (χ4v) is 2.82. The van der Waals surface area contributed by atoms with Crippen molar-refractivity contribution < 1.29 is 18.0 Å². The average Bonchev–Trinajstić information content (AvgIpc) is 3.36. The molecule has 29 heavy (non-hydrogen) atoms. The summed E-state index contributed by atoms with van der Waals surface area (Å²) in [4.78, 5) is 25.7. The van der Waals surface area contributed by atoms with Gasteiger partial charge in [-0.25, -0.2) is 9.37 Å². The van der Waals surface area contributed by atoms with Crippen LogP contribution in [0.1, 0.15) is 28.9 Å². The molecule has 1 amide bonds. The lowest BCUT2D eigenvalue weighted by Gasteiger charge is -2.01. The summed E-state index contributed by atoms with van der Waals surface area (Å²) in [5, 5.41) is 2.57. The van der Waals surface area contributed by atoms with Crippen LogP contribution in [-0.2, 0) is 6.42 Å². The highest BCUT2D eigenvalue weighted by molar-refractivity contribution is 6.05. The highest BCUT2D eigenvalue weighted by Crippen LogP contribution is 2.26. The van der Waals surface area contributed by atoms with Crippen molar-refractivity contribution in [2.45, 2.75) is 20.3 Å². The first-order valence-electron chi connectivity index (χ1n) is 8.99. The fourth-order valence-electron chi connectivity index (χ4n) is 2.82. The second-order valence-corrected chi connectivity index (χ2v) is 6.31. The molecule has 0 bridgehead atoms. The van der Waals surface area contributed by atoms with Crippen molar-refractivity contribution in [2.75, 3.05) is 5.32 Å². The molecule has 0 atom stereocenters. The maximum atomic E-state index is 13.2. The number of nitrogens with zero attached hydrogens (tertiary/aromatic N) is 3. The summed E-state index contributed by atoms with van der Waals surface area (Å²) in [7, 11) is 0. The van der Waals surface area contributed by atoms with Gasteiger partial charge in [0.15, 0.2) is 5.89 Å². The summed E-state index contributed by atoms with van der Waals surface area (Å²) in [5.41, 5.74) is 2.99. The van der Waals surface area contributed by atoms with Gasteiger partial charge in [-0.1, -0.05) is 13.0 Å². The molecule has 4 rings (SSSR count). The largest absolute Gasteiger partial charge is 0.435 e. The summed E-state index contributed by atoms with van der Waals surface area (Å²) in [6.07, 6.45) is 3.58. The third kappa shape index (κ3) is 3.77. The number of carbonyl (C=O) groups is 1. The molecule has 7 nitrogen and oxygen atoms in total. The van der Waals surface area contributed by atoms with Crippen LogP contribution in [-0.4, -0.2) is 20.9 Å². The van der Waals surface area contributed by atoms with Gasteiger partial charge >= 0.3 is 6.01 Å². The van der Waals surface area contributed by atoms with Crippen LogP contribution in [0.5, 0.6) is 0 Å². The third-order valence-corrected chi connectivity index (χ3v) is 4.27. The monoisotopic (exact) mass is 392 g/mol. The maximum absolute atomic E-state index is 13.2. The van der Waals surface area contributed by atoms with Crippen LogP contribution in [0, 0.1) is 12.7 Å². The molecule has 0 spiro atoms. The lowest BCUT2D eigenvalue weighted by atomic mass is 10.1. The number of aryl methyl sites for hydroxylation is 2. The molecule has 1 aromatic carbocycles. The van der Waals surface area contributed by atoms with Gasteiger partial charge in [0.2, 0.25) is 5.76 Å². The van der Waals surface area contributed by atoms with Crippen LogP contribution in [0.2, 0.25) is 0 Å². The molecule has 8 heteroatoms. The van der Waals surface area contributed by atoms with Gasteiger partial charge in [-0.2, -0.15) is 4.98 Å². The van der Waals surface area contributed by atoms with Crippen molar-refractivity contribution >= 4 is 11.9 Å². The second-order valence-electron chi connectivity index (χ2n) is 6.31. The van der Waals surface area contributed by atoms with Crippen LogP contribution >= 0.6 is 0 Å². The minimum absolute atomic E-state index is 0.00206. The topological polar surface area (TPSA) is 94.1 Å². The van der Waals surface area contributed by atoms with Gasteiger partial charge in [0, 0.05) is 18.2 Å². The van der Waals surface area contributed by atoms with Gasteiger partial charge in [0.1, 0.15) is 23.5 Å². The first-order valence-corrected chi connectivity index (χ1v) is 8.99. The lowest BCUT2D eigenvalue weighted by Crippen LogP contribution is -2.12. The Morgan fingerprint density at radius 2 is 1.93 bits per heavy atom. The van der Waals surface area contributed by atoms with Crippen molar-refractivity contribution in [3.05, 3.63) is 71.9 Å². The number of benzene rings is 1. The van der Waals surface area contributed by atoms with Crippen LogP contribution in [0.3, 0.4) is 0 Å². The molecule has 0 saturated heterocycles. The van der Waals surface area contributed by atoms with Gasteiger partial charge in [-0.15, -0.1) is 0 Å². The van der Waals surface area contributed by atoms with E-state index in [2.05, 4.69) is 20.3 Å². The maximum Gasteiger partial charge on any atom is 0.302 e. The Morgan fingerprint density at radius 1 is 1.14 bits per heavy atom. The number of carbonyl (C=O) groups excluding carboxylic acids is 1. The number of anilines is 1. The number of halogens is 1. The van der Waals surface area contributed by atoms with Crippen LogP contribution in [0.15, 0.2) is 57.7 Å². The summed E-state index contributed by atoms with van der Waals surface area (Å²) < 4.78 is 24.2. The minimum atomic E-state index is -0.567. The number of amides is 1. The SMILES string of the molecule is CCc1nc(-c2ccc(F)cc2)c(C(=O)Nc2nc(-c3ncccc3C)co2)o1. The van der Waals surface area contributed by atoms with Crippen LogP contribution in [0.4, 0.5) is 10.4 Å². The summed E-state index contributed by atoms with van der Waals surface area (Å²) in [6, 6.07) is 9.42. The summed E-state index contributed by atoms with van der Waals surface area (Å²) >= 11 is 0. The second kappa shape index (κ2) is 7.67. The highest BCUT2D eigenvalue weighted by atomic mass is 19.1. The van der Waals surface area contributed by atoms with Gasteiger partial charge < -0.3 is 8.83 Å². The van der Waals surface area contributed by atoms with E-state index in [4.69, 9.17) is 8.83 Å². The highest BCUT2D eigenvalue weighted by Gasteiger charge is 2.23. The standard InChI is InChI=1S/C21H17FN4O3/c1-3-16-25-18(13-6-8-14(22)9-7-13)19(29-16)20(27)26-21-24-15(11-28-21)17-12(2)5-4-10-23-17/h4-11H,3H2,1-2H3,(H,24,26,27). The first-order chi connectivity index (χ1) is 14.0. The zero-order chi connectivity index (χ0) is 20.4. The number of hydrogen-bond donors (Lipinski definition) is 1. The van der Waals surface area contributed by atoms with E-state index >= 15 is 0 Å². The predicted octanol–water partition coefficient (Wildman–Crippen LogP) is 4.65. The molecule has 4 aromatic rings. The molecule has 0 radical (unpaired) electrons. The molecule has 0 saturated carbocycles. The van der Waals surface area contributed by atoms with Gasteiger partial charge in [-0.05, 0) is 42.8 Å². The van der Waals surface area contributed by atoms with E-state index in [9.17, 15) is 9.18 Å². The molecule has 3 heterocycles. The zero-order valence-electron chi connectivity index (χ0n) is 15.8. The minimum Gasteiger partial charge on any atom is -0.435 e. The molecule has 146 valence electrons. The van der Waals surface area contributed by atoms with Gasteiger partial charge in [0.05, 0.1) is 5.69 Å².